The van der Waals surface area contributed by atoms with E-state index < -0.39 is 24.1 Å². The van der Waals surface area contributed by atoms with Crippen molar-refractivity contribution in [2.24, 2.45) is 0 Å². The number of rotatable bonds is 5. The largest absolute Gasteiger partial charge is 0.467 e. The Morgan fingerprint density at radius 2 is 2.03 bits per heavy atom. The molecule has 11 heteroatoms. The molecule has 0 spiro atoms. The molecule has 2 atom stereocenters. The molecule has 3 heterocycles. The fourth-order valence-corrected chi connectivity index (χ4v) is 4.13. The molecule has 0 aliphatic carbocycles. The Balaban J connectivity index is 1.76. The zero-order chi connectivity index (χ0) is 23.7. The summed E-state index contributed by atoms with van der Waals surface area (Å²) in [7, 11) is 1.42. The van der Waals surface area contributed by atoms with Gasteiger partial charge >= 0.3 is 6.01 Å². The van der Waals surface area contributed by atoms with E-state index in [9.17, 15) is 18.4 Å². The molecule has 1 aromatic carbocycles. The van der Waals surface area contributed by atoms with Gasteiger partial charge in [-0.25, -0.2) is 13.8 Å². The van der Waals surface area contributed by atoms with Gasteiger partial charge in [0.2, 0.25) is 0 Å². The summed E-state index contributed by atoms with van der Waals surface area (Å²) in [6.07, 6.45) is 2.65. The summed E-state index contributed by atoms with van der Waals surface area (Å²) >= 11 is 0. The first kappa shape index (κ1) is 22.6. The number of nitrogens with zero attached hydrogens (tertiary/aromatic N) is 4. The van der Waals surface area contributed by atoms with Gasteiger partial charge in [-0.2, -0.15) is 4.98 Å². The molecule has 2 aromatic heterocycles. The predicted octanol–water partition coefficient (Wildman–Crippen LogP) is 2.31. The van der Waals surface area contributed by atoms with E-state index in [1.807, 2.05) is 6.07 Å². The number of aromatic nitrogens is 3. The number of carbonyl (C=O) groups excluding carboxylic acids is 1. The zero-order valence-corrected chi connectivity index (χ0v) is 18.4. The number of nitrogens with one attached hydrogen (secondary N) is 2. The first-order valence-corrected chi connectivity index (χ1v) is 10.4. The van der Waals surface area contributed by atoms with Crippen molar-refractivity contribution in [1.82, 2.24) is 19.9 Å². The van der Waals surface area contributed by atoms with Crippen LogP contribution in [-0.4, -0.2) is 52.7 Å². The molecule has 174 valence electrons. The van der Waals surface area contributed by atoms with Gasteiger partial charge in [0.15, 0.2) is 12.6 Å². The number of amides is 1. The Morgan fingerprint density at radius 3 is 2.70 bits per heavy atom. The lowest BCUT2D eigenvalue weighted by Crippen LogP contribution is -2.54. The van der Waals surface area contributed by atoms with Crippen molar-refractivity contribution in [2.45, 2.75) is 32.7 Å². The number of piperazine rings is 1. The third-order valence-electron chi connectivity index (χ3n) is 5.46. The fraction of sp³-hybridized carbons (Fsp3) is 0.364. The van der Waals surface area contributed by atoms with Gasteiger partial charge in [-0.05, 0) is 26.0 Å². The molecule has 1 amide bonds. The van der Waals surface area contributed by atoms with Crippen LogP contribution in [0.25, 0.3) is 10.9 Å². The summed E-state index contributed by atoms with van der Waals surface area (Å²) in [5.74, 6) is -1.77. The number of carbonyl (C=O) groups is 1. The van der Waals surface area contributed by atoms with Gasteiger partial charge in [0.1, 0.15) is 0 Å². The first-order chi connectivity index (χ1) is 15.8. The highest BCUT2D eigenvalue weighted by Gasteiger charge is 2.25. The van der Waals surface area contributed by atoms with Crippen LogP contribution >= 0.6 is 0 Å². The van der Waals surface area contributed by atoms with Crippen LogP contribution in [-0.2, 0) is 6.80 Å². The maximum absolute atomic E-state index is 13.9. The van der Waals surface area contributed by atoms with Gasteiger partial charge in [-0.1, -0.05) is 0 Å². The van der Waals surface area contributed by atoms with Crippen LogP contribution in [0.15, 0.2) is 35.4 Å². The van der Waals surface area contributed by atoms with Gasteiger partial charge in [0.25, 0.3) is 11.5 Å². The van der Waals surface area contributed by atoms with Crippen LogP contribution in [0, 0.1) is 5.82 Å². The van der Waals surface area contributed by atoms with Crippen molar-refractivity contribution < 1.29 is 18.3 Å². The molecule has 33 heavy (non-hydrogen) atoms. The quantitative estimate of drug-likeness (QED) is 0.605. The molecule has 4 rings (SSSR count). The van der Waals surface area contributed by atoms with E-state index in [-0.39, 0.29) is 29.3 Å². The van der Waals surface area contributed by atoms with Crippen molar-refractivity contribution in [2.75, 3.05) is 30.4 Å². The molecule has 3 aromatic rings. The Labute approximate surface area is 188 Å². The topological polar surface area (TPSA) is 101 Å². The summed E-state index contributed by atoms with van der Waals surface area (Å²) in [6.45, 7) is 4.51. The average molecular weight is 458 g/mol. The standard InChI is InChI=1S/C22H24F2N6O3/c1-12-8-29(9-13(2)26-12)18-5-4-15(19-16(18)7-25-22(28-19)33-3)20(31)27-14-6-17(24)21(32)30(10-14)11-23/h4-7,10,12-13,26H,8-9,11H2,1-3H3,(H,27,31). The molecular formula is C22H24F2N6O3. The van der Waals surface area contributed by atoms with Crippen molar-refractivity contribution in [3.8, 4) is 6.01 Å². The van der Waals surface area contributed by atoms with Gasteiger partial charge in [-0.15, -0.1) is 0 Å². The fourth-order valence-electron chi connectivity index (χ4n) is 4.13. The number of hydrogen-bond donors (Lipinski definition) is 2. The molecule has 2 unspecified atom stereocenters. The molecule has 0 radical (unpaired) electrons. The maximum Gasteiger partial charge on any atom is 0.316 e. The van der Waals surface area contributed by atoms with Crippen LogP contribution in [0.1, 0.15) is 24.2 Å². The van der Waals surface area contributed by atoms with Gasteiger partial charge in [0, 0.05) is 54.7 Å². The molecule has 9 nitrogen and oxygen atoms in total. The predicted molar refractivity (Wildman–Crippen MR) is 120 cm³/mol. The minimum absolute atomic E-state index is 0.0576. The van der Waals surface area contributed by atoms with Crippen molar-refractivity contribution >= 4 is 28.2 Å². The average Bonchev–Trinajstić information content (AvgIpc) is 2.79. The highest BCUT2D eigenvalue weighted by Crippen LogP contribution is 2.31. The van der Waals surface area contributed by atoms with Gasteiger partial charge in [-0.3, -0.25) is 14.2 Å². The van der Waals surface area contributed by atoms with Crippen molar-refractivity contribution in [3.05, 3.63) is 52.3 Å². The summed E-state index contributed by atoms with van der Waals surface area (Å²) < 4.78 is 32.6. The van der Waals surface area contributed by atoms with Gasteiger partial charge in [0.05, 0.1) is 23.9 Å². The van der Waals surface area contributed by atoms with E-state index >= 15 is 0 Å². The number of anilines is 2. The second-order valence-corrected chi connectivity index (χ2v) is 8.05. The molecule has 1 aliphatic heterocycles. The Morgan fingerprint density at radius 1 is 1.30 bits per heavy atom. The number of halogens is 2. The Kier molecular flexibility index (Phi) is 6.23. The van der Waals surface area contributed by atoms with Crippen molar-refractivity contribution in [1.29, 1.82) is 0 Å². The molecule has 0 bridgehead atoms. The number of ether oxygens (including phenoxy) is 1. The number of methoxy groups -OCH3 is 1. The minimum atomic E-state index is -1.22. The van der Waals surface area contributed by atoms with Crippen molar-refractivity contribution in [3.63, 3.8) is 0 Å². The summed E-state index contributed by atoms with van der Waals surface area (Å²) in [5.41, 5.74) is 0.264. The van der Waals surface area contributed by atoms with E-state index in [2.05, 4.69) is 39.3 Å². The summed E-state index contributed by atoms with van der Waals surface area (Å²) in [5, 5.41) is 6.65. The number of alkyl halides is 1. The summed E-state index contributed by atoms with van der Waals surface area (Å²) in [6, 6.07) is 4.92. The molecule has 1 aliphatic rings. The van der Waals surface area contributed by atoms with E-state index in [0.717, 1.165) is 31.0 Å². The lowest BCUT2D eigenvalue weighted by Gasteiger charge is -2.38. The normalized spacial score (nSPS) is 18.4. The lowest BCUT2D eigenvalue weighted by molar-refractivity contribution is 0.102. The third-order valence-corrected chi connectivity index (χ3v) is 5.46. The number of pyridine rings is 1. The van der Waals surface area contributed by atoms with Gasteiger partial charge < -0.3 is 20.3 Å². The van der Waals surface area contributed by atoms with Crippen LogP contribution in [0.5, 0.6) is 6.01 Å². The monoisotopic (exact) mass is 458 g/mol. The molecule has 0 saturated carbocycles. The van der Waals surface area contributed by atoms with Crippen LogP contribution in [0.4, 0.5) is 20.2 Å². The van der Waals surface area contributed by atoms with Crippen LogP contribution in [0.2, 0.25) is 0 Å². The highest BCUT2D eigenvalue weighted by atomic mass is 19.1. The smallest absolute Gasteiger partial charge is 0.316 e. The van der Waals surface area contributed by atoms with Crippen LogP contribution in [0.3, 0.4) is 0 Å². The van der Waals surface area contributed by atoms with E-state index in [0.29, 0.717) is 15.5 Å². The lowest BCUT2D eigenvalue weighted by atomic mass is 10.0. The second kappa shape index (κ2) is 9.10. The highest BCUT2D eigenvalue weighted by molar-refractivity contribution is 6.13. The van der Waals surface area contributed by atoms with E-state index in [1.165, 1.54) is 7.11 Å². The second-order valence-electron chi connectivity index (χ2n) is 8.05. The number of hydrogen-bond acceptors (Lipinski definition) is 7. The maximum atomic E-state index is 13.9. The van der Waals surface area contributed by atoms with E-state index in [1.54, 1.807) is 12.3 Å². The Bertz CT molecular complexity index is 1250. The molecule has 1 saturated heterocycles. The molecule has 2 N–H and O–H groups in total. The summed E-state index contributed by atoms with van der Waals surface area (Å²) in [4.78, 5) is 35.5. The first-order valence-electron chi connectivity index (χ1n) is 10.4. The SMILES string of the molecule is COc1ncc2c(N3CC(C)NC(C)C3)ccc(C(=O)Nc3cc(F)c(=O)n(CF)c3)c2n1. The Hall–Kier alpha value is -3.60. The number of fused-ring (bicyclic) bond motifs is 1. The number of benzene rings is 1. The van der Waals surface area contributed by atoms with E-state index in [4.69, 9.17) is 4.74 Å². The molecule has 1 fully saturated rings. The third kappa shape index (κ3) is 4.49. The van der Waals surface area contributed by atoms with Crippen LogP contribution < -0.4 is 25.8 Å². The molecular weight excluding hydrogens is 434 g/mol. The minimum Gasteiger partial charge on any atom is -0.467 e. The zero-order valence-electron chi connectivity index (χ0n) is 18.4.